The van der Waals surface area contributed by atoms with Gasteiger partial charge in [-0.25, -0.2) is 0 Å². The average molecular weight is 394 g/mol. The molecule has 3 rings (SSSR count). The van der Waals surface area contributed by atoms with Crippen LogP contribution >= 0.6 is 0 Å². The number of carbonyl (C=O) groups excluding carboxylic acids is 1. The molecule has 0 saturated heterocycles. The first-order chi connectivity index (χ1) is 14.1. The maximum Gasteiger partial charge on any atom is 0.203 e. The summed E-state index contributed by atoms with van der Waals surface area (Å²) in [7, 11) is 6.05. The zero-order valence-electron chi connectivity index (χ0n) is 16.7. The molecule has 0 fully saturated rings. The van der Waals surface area contributed by atoms with E-state index in [0.717, 1.165) is 16.9 Å². The molecule has 0 aromatic heterocycles. The van der Waals surface area contributed by atoms with Crippen LogP contribution in [0.3, 0.4) is 0 Å². The highest BCUT2D eigenvalue weighted by Crippen LogP contribution is 2.49. The minimum atomic E-state index is 0.0101. The predicted octanol–water partition coefficient (Wildman–Crippen LogP) is 4.57. The van der Waals surface area contributed by atoms with Crippen LogP contribution < -0.4 is 18.9 Å². The maximum atomic E-state index is 11.8. The molecule has 29 heavy (non-hydrogen) atoms. The van der Waals surface area contributed by atoms with Gasteiger partial charge in [0.2, 0.25) is 5.75 Å². The third-order valence-corrected chi connectivity index (χ3v) is 4.68. The maximum absolute atomic E-state index is 11.8. The summed E-state index contributed by atoms with van der Waals surface area (Å²) in [6.07, 6.45) is 0.694. The number of aromatic hydroxyl groups is 1. The van der Waals surface area contributed by atoms with Gasteiger partial charge in [0.15, 0.2) is 17.8 Å². The van der Waals surface area contributed by atoms with E-state index >= 15 is 0 Å². The van der Waals surface area contributed by atoms with E-state index in [-0.39, 0.29) is 5.75 Å². The molecule has 6 nitrogen and oxygen atoms in total. The van der Waals surface area contributed by atoms with Crippen LogP contribution in [0, 0.1) is 0 Å². The minimum absolute atomic E-state index is 0.0101. The summed E-state index contributed by atoms with van der Waals surface area (Å²) in [5.41, 5.74) is 2.96. The van der Waals surface area contributed by atoms with Crippen LogP contribution in [0.25, 0.3) is 22.3 Å². The molecule has 0 atom stereocenters. The standard InChI is InChI=1S/C23H22O6/c1-26-17-8-5-14(6-9-17)15-7-10-19(25)18(11-15)21-16(13-24)12-20(27-2)22(28-3)23(21)29-4/h5-13,25H,1-4H3. The smallest absolute Gasteiger partial charge is 0.203 e. The van der Waals surface area contributed by atoms with Gasteiger partial charge < -0.3 is 24.1 Å². The molecular formula is C23H22O6. The quantitative estimate of drug-likeness (QED) is 0.592. The van der Waals surface area contributed by atoms with Crippen LogP contribution in [0.2, 0.25) is 0 Å². The summed E-state index contributed by atoms with van der Waals surface area (Å²) in [5, 5.41) is 10.6. The molecule has 0 aliphatic heterocycles. The fourth-order valence-corrected chi connectivity index (χ4v) is 3.25. The van der Waals surface area contributed by atoms with Crippen LogP contribution in [0.4, 0.5) is 0 Å². The van der Waals surface area contributed by atoms with Gasteiger partial charge in [-0.2, -0.15) is 0 Å². The van der Waals surface area contributed by atoms with E-state index in [0.29, 0.717) is 40.2 Å². The summed E-state index contributed by atoms with van der Waals surface area (Å²) >= 11 is 0. The average Bonchev–Trinajstić information content (AvgIpc) is 2.77. The summed E-state index contributed by atoms with van der Waals surface area (Å²) in [6, 6.07) is 14.3. The SMILES string of the molecule is COc1ccc(-c2ccc(O)c(-c3c(C=O)cc(OC)c(OC)c3OC)c2)cc1. The zero-order chi connectivity index (χ0) is 21.0. The number of hydrogen-bond donors (Lipinski definition) is 1. The Kier molecular flexibility index (Phi) is 5.93. The molecule has 0 bridgehead atoms. The van der Waals surface area contributed by atoms with Crippen LogP contribution in [-0.4, -0.2) is 39.8 Å². The van der Waals surface area contributed by atoms with Gasteiger partial charge in [0.1, 0.15) is 11.5 Å². The molecule has 3 aromatic rings. The van der Waals surface area contributed by atoms with Gasteiger partial charge in [-0.1, -0.05) is 18.2 Å². The molecule has 3 aromatic carbocycles. The second-order valence-corrected chi connectivity index (χ2v) is 6.19. The first kappa shape index (κ1) is 20.1. The zero-order valence-corrected chi connectivity index (χ0v) is 16.7. The van der Waals surface area contributed by atoms with Gasteiger partial charge in [-0.05, 0) is 41.5 Å². The highest BCUT2D eigenvalue weighted by Gasteiger charge is 2.24. The van der Waals surface area contributed by atoms with Gasteiger partial charge in [0.05, 0.1) is 28.4 Å². The Balaban J connectivity index is 2.26. The van der Waals surface area contributed by atoms with Crippen molar-refractivity contribution in [3.63, 3.8) is 0 Å². The van der Waals surface area contributed by atoms with E-state index in [1.54, 1.807) is 31.4 Å². The monoisotopic (exact) mass is 394 g/mol. The number of methoxy groups -OCH3 is 4. The van der Waals surface area contributed by atoms with Crippen molar-refractivity contribution in [2.24, 2.45) is 0 Å². The first-order valence-corrected chi connectivity index (χ1v) is 8.83. The van der Waals surface area contributed by atoms with E-state index < -0.39 is 0 Å². The normalized spacial score (nSPS) is 10.3. The molecule has 0 radical (unpaired) electrons. The summed E-state index contributed by atoms with van der Waals surface area (Å²) in [5.74, 6) is 1.76. The van der Waals surface area contributed by atoms with E-state index in [2.05, 4.69) is 0 Å². The van der Waals surface area contributed by atoms with Crippen molar-refractivity contribution < 1.29 is 28.8 Å². The van der Waals surface area contributed by atoms with E-state index in [1.807, 2.05) is 24.3 Å². The number of rotatable bonds is 7. The summed E-state index contributed by atoms with van der Waals surface area (Å²) < 4.78 is 21.5. The number of hydrogen-bond acceptors (Lipinski definition) is 6. The molecule has 0 amide bonds. The molecule has 0 spiro atoms. The van der Waals surface area contributed by atoms with Gasteiger partial charge >= 0.3 is 0 Å². The number of phenols is 1. The summed E-state index contributed by atoms with van der Waals surface area (Å²) in [6.45, 7) is 0. The lowest BCUT2D eigenvalue weighted by Gasteiger charge is -2.19. The predicted molar refractivity (Wildman–Crippen MR) is 111 cm³/mol. The fourth-order valence-electron chi connectivity index (χ4n) is 3.25. The third-order valence-electron chi connectivity index (χ3n) is 4.68. The Morgan fingerprint density at radius 1 is 0.759 bits per heavy atom. The molecule has 6 heteroatoms. The second kappa shape index (κ2) is 8.56. The van der Waals surface area contributed by atoms with Crippen molar-refractivity contribution in [2.75, 3.05) is 28.4 Å². The molecule has 0 aliphatic carbocycles. The van der Waals surface area contributed by atoms with Gasteiger partial charge in [-0.15, -0.1) is 0 Å². The molecule has 0 heterocycles. The number of benzene rings is 3. The van der Waals surface area contributed by atoms with E-state index in [1.165, 1.54) is 21.3 Å². The Morgan fingerprint density at radius 2 is 1.41 bits per heavy atom. The van der Waals surface area contributed by atoms with Crippen LogP contribution in [0.15, 0.2) is 48.5 Å². The number of aldehydes is 1. The second-order valence-electron chi connectivity index (χ2n) is 6.19. The van der Waals surface area contributed by atoms with Gasteiger partial charge in [0.25, 0.3) is 0 Å². The highest BCUT2D eigenvalue weighted by atomic mass is 16.5. The minimum Gasteiger partial charge on any atom is -0.507 e. The van der Waals surface area contributed by atoms with Crippen molar-refractivity contribution in [1.29, 1.82) is 0 Å². The van der Waals surface area contributed by atoms with Gasteiger partial charge in [0, 0.05) is 16.7 Å². The lowest BCUT2D eigenvalue weighted by Crippen LogP contribution is -2.01. The van der Waals surface area contributed by atoms with Crippen LogP contribution in [0.5, 0.6) is 28.7 Å². The van der Waals surface area contributed by atoms with Crippen LogP contribution in [-0.2, 0) is 0 Å². The summed E-state index contributed by atoms with van der Waals surface area (Å²) in [4.78, 5) is 11.8. The van der Waals surface area contributed by atoms with Crippen molar-refractivity contribution in [3.8, 4) is 51.0 Å². The van der Waals surface area contributed by atoms with E-state index in [9.17, 15) is 9.90 Å². The Labute approximate surface area is 169 Å². The first-order valence-electron chi connectivity index (χ1n) is 8.83. The topological polar surface area (TPSA) is 74.2 Å². The van der Waals surface area contributed by atoms with Gasteiger partial charge in [-0.3, -0.25) is 4.79 Å². The largest absolute Gasteiger partial charge is 0.507 e. The van der Waals surface area contributed by atoms with Crippen LogP contribution in [0.1, 0.15) is 10.4 Å². The van der Waals surface area contributed by atoms with Crippen molar-refractivity contribution in [2.45, 2.75) is 0 Å². The molecular weight excluding hydrogens is 372 g/mol. The fraction of sp³-hybridized carbons (Fsp3) is 0.174. The van der Waals surface area contributed by atoms with Crippen molar-refractivity contribution >= 4 is 6.29 Å². The Morgan fingerprint density at radius 3 is 1.97 bits per heavy atom. The van der Waals surface area contributed by atoms with Crippen molar-refractivity contribution in [1.82, 2.24) is 0 Å². The Hall–Kier alpha value is -3.67. The number of carbonyl (C=O) groups is 1. The molecule has 1 N–H and O–H groups in total. The Bertz CT molecular complexity index is 1020. The molecule has 0 aliphatic rings. The molecule has 150 valence electrons. The number of phenolic OH excluding ortho intramolecular Hbond substituents is 1. The lowest BCUT2D eigenvalue weighted by molar-refractivity contribution is 0.112. The molecule has 0 saturated carbocycles. The third kappa shape index (κ3) is 3.69. The van der Waals surface area contributed by atoms with Crippen molar-refractivity contribution in [3.05, 3.63) is 54.1 Å². The van der Waals surface area contributed by atoms with E-state index in [4.69, 9.17) is 18.9 Å². The highest BCUT2D eigenvalue weighted by molar-refractivity contribution is 5.96. The lowest BCUT2D eigenvalue weighted by atomic mass is 9.94. The molecule has 0 unspecified atom stereocenters. The number of ether oxygens (including phenoxy) is 4.